The van der Waals surface area contributed by atoms with Crippen molar-refractivity contribution in [2.24, 2.45) is 0 Å². The Morgan fingerprint density at radius 2 is 1.19 bits per heavy atom. The summed E-state index contributed by atoms with van der Waals surface area (Å²) < 4.78 is 5.10. The Morgan fingerprint density at radius 3 is 2.05 bits per heavy atom. The third kappa shape index (κ3) is 3.72. The summed E-state index contributed by atoms with van der Waals surface area (Å²) in [5.41, 5.74) is 7.09. The molecule has 3 heteroatoms. The maximum Gasteiger partial charge on any atom is 0.0634 e. The molecule has 7 aromatic carbocycles. The van der Waals surface area contributed by atoms with E-state index in [1.54, 1.807) is 0 Å². The molecule has 0 saturated carbocycles. The molecule has 0 fully saturated rings. The van der Waals surface area contributed by atoms with Crippen LogP contribution in [0.3, 0.4) is 0 Å². The van der Waals surface area contributed by atoms with E-state index in [-0.39, 0.29) is 0 Å². The first-order chi connectivity index (χ1) is 21.3. The highest BCUT2D eigenvalue weighted by Crippen LogP contribution is 2.45. The molecule has 202 valence electrons. The van der Waals surface area contributed by atoms with Gasteiger partial charge in [0.05, 0.1) is 16.7 Å². The topological polar surface area (TPSA) is 8.17 Å². The predicted octanol–water partition coefficient (Wildman–Crippen LogP) is 11.8. The third-order valence-corrected chi connectivity index (χ3v) is 9.68. The molecule has 0 atom stereocenters. The second kappa shape index (κ2) is 9.59. The molecular weight excluding hydrogens is 541 g/mol. The van der Waals surface area contributed by atoms with Crippen molar-refractivity contribution in [1.82, 2.24) is 4.57 Å². The van der Waals surface area contributed by atoms with Crippen molar-refractivity contribution in [3.05, 3.63) is 158 Å². The van der Waals surface area contributed by atoms with Gasteiger partial charge in [-0.25, -0.2) is 0 Å². The predicted molar refractivity (Wildman–Crippen MR) is 186 cm³/mol. The number of fused-ring (bicyclic) bond motifs is 8. The Hall–Kier alpha value is -5.38. The van der Waals surface area contributed by atoms with Crippen LogP contribution < -0.4 is 4.90 Å². The van der Waals surface area contributed by atoms with Crippen LogP contribution in [0, 0.1) is 0 Å². The number of nitrogens with zero attached hydrogens (tertiary/aromatic N) is 2. The average molecular weight is 567 g/mol. The van der Waals surface area contributed by atoms with Crippen molar-refractivity contribution in [3.63, 3.8) is 0 Å². The number of hydrogen-bond acceptors (Lipinski definition) is 2. The summed E-state index contributed by atoms with van der Waals surface area (Å²) in [7, 11) is 0. The number of rotatable bonds is 4. The van der Waals surface area contributed by atoms with Crippen LogP contribution in [0.15, 0.2) is 158 Å². The van der Waals surface area contributed by atoms with Crippen LogP contribution in [-0.2, 0) is 0 Å². The highest BCUT2D eigenvalue weighted by atomic mass is 32.1. The minimum absolute atomic E-state index is 1.14. The highest BCUT2D eigenvalue weighted by molar-refractivity contribution is 7.26. The fourth-order valence-corrected chi connectivity index (χ4v) is 7.80. The molecule has 0 aliphatic carbocycles. The Bertz CT molecular complexity index is 2450. The fraction of sp³-hybridized carbons (Fsp3) is 0. The molecule has 2 nitrogen and oxygen atoms in total. The molecule has 9 rings (SSSR count). The summed E-state index contributed by atoms with van der Waals surface area (Å²) in [5.74, 6) is 0. The van der Waals surface area contributed by atoms with Gasteiger partial charge < -0.3 is 9.47 Å². The molecule has 0 bridgehead atoms. The van der Waals surface area contributed by atoms with Gasteiger partial charge in [0.15, 0.2) is 0 Å². The molecule has 9 aromatic rings. The Kier molecular flexibility index (Phi) is 5.40. The van der Waals surface area contributed by atoms with Crippen LogP contribution in [0.4, 0.5) is 17.1 Å². The second-order valence-corrected chi connectivity index (χ2v) is 12.1. The smallest absolute Gasteiger partial charge is 0.0634 e. The van der Waals surface area contributed by atoms with E-state index in [1.807, 2.05) is 11.3 Å². The van der Waals surface area contributed by atoms with Crippen LogP contribution in [0.25, 0.3) is 58.4 Å². The van der Waals surface area contributed by atoms with Crippen molar-refractivity contribution >= 4 is 81.1 Å². The van der Waals surface area contributed by atoms with Gasteiger partial charge in [0.25, 0.3) is 0 Å². The Balaban J connectivity index is 1.39. The number of thiophene rings is 1. The van der Waals surface area contributed by atoms with E-state index in [0.717, 1.165) is 11.4 Å². The van der Waals surface area contributed by atoms with Gasteiger partial charge in [-0.15, -0.1) is 11.3 Å². The third-order valence-electron chi connectivity index (χ3n) is 8.55. The number of anilines is 3. The first kappa shape index (κ1) is 24.2. The van der Waals surface area contributed by atoms with Crippen molar-refractivity contribution in [1.29, 1.82) is 0 Å². The van der Waals surface area contributed by atoms with Crippen molar-refractivity contribution in [3.8, 4) is 5.69 Å². The fourth-order valence-electron chi connectivity index (χ4n) is 6.70. The van der Waals surface area contributed by atoms with Crippen molar-refractivity contribution in [2.75, 3.05) is 4.90 Å². The number of para-hydroxylation sites is 2. The quantitative estimate of drug-likeness (QED) is 0.206. The maximum absolute atomic E-state index is 2.46. The monoisotopic (exact) mass is 566 g/mol. The molecule has 0 aliphatic heterocycles. The van der Waals surface area contributed by atoms with E-state index in [2.05, 4.69) is 167 Å². The lowest BCUT2D eigenvalue weighted by molar-refractivity contribution is 1.19. The lowest BCUT2D eigenvalue weighted by Gasteiger charge is -2.27. The molecule has 0 aliphatic rings. The van der Waals surface area contributed by atoms with Crippen molar-refractivity contribution < 1.29 is 0 Å². The molecule has 2 aromatic heterocycles. The van der Waals surface area contributed by atoms with E-state index in [4.69, 9.17) is 0 Å². The summed E-state index contributed by atoms with van der Waals surface area (Å²) in [6.45, 7) is 0. The molecule has 0 amide bonds. The zero-order valence-corrected chi connectivity index (χ0v) is 24.1. The molecule has 0 spiro atoms. The average Bonchev–Trinajstić information content (AvgIpc) is 3.61. The lowest BCUT2D eigenvalue weighted by atomic mass is 10.0. The summed E-state index contributed by atoms with van der Waals surface area (Å²) in [4.78, 5) is 2.39. The van der Waals surface area contributed by atoms with Gasteiger partial charge in [0.1, 0.15) is 0 Å². The normalized spacial score (nSPS) is 11.7. The van der Waals surface area contributed by atoms with Crippen LogP contribution in [-0.4, -0.2) is 4.57 Å². The van der Waals surface area contributed by atoms with Crippen LogP contribution >= 0.6 is 11.3 Å². The largest absolute Gasteiger partial charge is 0.310 e. The van der Waals surface area contributed by atoms with Gasteiger partial charge in [-0.2, -0.15) is 0 Å². The highest BCUT2D eigenvalue weighted by Gasteiger charge is 2.21. The van der Waals surface area contributed by atoms with E-state index >= 15 is 0 Å². The zero-order chi connectivity index (χ0) is 28.3. The standard InChI is InChI=1S/C40H26N2S/c1-3-14-28(15-4-1)41(35-20-11-13-27-12-7-8-18-31(27)35)30-22-24-36-34(26-30)32-23-25-38-39(33-19-9-10-21-37(33)43-38)40(32)42(36)29-16-5-2-6-17-29/h1-26H. The van der Waals surface area contributed by atoms with Gasteiger partial charge in [-0.1, -0.05) is 97.1 Å². The number of hydrogen-bond donors (Lipinski definition) is 0. The molecule has 0 unspecified atom stereocenters. The van der Waals surface area contributed by atoms with Gasteiger partial charge in [-0.3, -0.25) is 0 Å². The molecule has 0 radical (unpaired) electrons. The van der Waals surface area contributed by atoms with Crippen LogP contribution in [0.2, 0.25) is 0 Å². The second-order valence-electron chi connectivity index (χ2n) is 11.0. The van der Waals surface area contributed by atoms with Gasteiger partial charge in [0, 0.05) is 53.4 Å². The van der Waals surface area contributed by atoms with E-state index in [1.165, 1.54) is 64.1 Å². The van der Waals surface area contributed by atoms with E-state index < -0.39 is 0 Å². The first-order valence-corrected chi connectivity index (χ1v) is 15.4. The number of aromatic nitrogens is 1. The molecule has 0 N–H and O–H groups in total. The van der Waals surface area contributed by atoms with Crippen LogP contribution in [0.5, 0.6) is 0 Å². The van der Waals surface area contributed by atoms with Gasteiger partial charge in [-0.05, 0) is 66.0 Å². The Morgan fingerprint density at radius 1 is 0.465 bits per heavy atom. The zero-order valence-electron chi connectivity index (χ0n) is 23.3. The van der Waals surface area contributed by atoms with Crippen molar-refractivity contribution in [2.45, 2.75) is 0 Å². The molecular formula is C40H26N2S. The summed E-state index contributed by atoms with van der Waals surface area (Å²) in [6.07, 6.45) is 0. The summed E-state index contributed by atoms with van der Waals surface area (Å²) in [5, 5.41) is 7.61. The first-order valence-electron chi connectivity index (χ1n) is 14.6. The van der Waals surface area contributed by atoms with E-state index in [0.29, 0.717) is 0 Å². The van der Waals surface area contributed by atoms with Crippen LogP contribution in [0.1, 0.15) is 0 Å². The molecule has 0 saturated heterocycles. The minimum atomic E-state index is 1.14. The summed E-state index contributed by atoms with van der Waals surface area (Å²) in [6, 6.07) is 57.1. The maximum atomic E-state index is 2.46. The minimum Gasteiger partial charge on any atom is -0.310 e. The molecule has 43 heavy (non-hydrogen) atoms. The Labute approximate surface area is 253 Å². The van der Waals surface area contributed by atoms with E-state index in [9.17, 15) is 0 Å². The number of benzene rings is 7. The summed E-state index contributed by atoms with van der Waals surface area (Å²) >= 11 is 1.87. The SMILES string of the molecule is c1ccc(N(c2ccc3c(c2)c2ccc4sc5ccccc5c4c2n3-c2ccccc2)c2cccc3ccccc23)cc1. The lowest BCUT2D eigenvalue weighted by Crippen LogP contribution is -2.10. The molecule has 2 heterocycles. The van der Waals surface area contributed by atoms with Gasteiger partial charge >= 0.3 is 0 Å². The van der Waals surface area contributed by atoms with Gasteiger partial charge in [0.2, 0.25) is 0 Å².